The van der Waals surface area contributed by atoms with Crippen LogP contribution in [0.2, 0.25) is 5.02 Å². The zero-order valence-electron chi connectivity index (χ0n) is 10.3. The number of nitrogens with one attached hydrogen (secondary N) is 1. The van der Waals surface area contributed by atoms with Crippen molar-refractivity contribution in [3.05, 3.63) is 34.9 Å². The van der Waals surface area contributed by atoms with Crippen LogP contribution in [0.3, 0.4) is 0 Å². The Kier molecular flexibility index (Phi) is 5.02. The van der Waals surface area contributed by atoms with Crippen LogP contribution < -0.4 is 5.32 Å². The van der Waals surface area contributed by atoms with Crippen molar-refractivity contribution in [1.82, 2.24) is 5.32 Å². The molecule has 0 bridgehead atoms. The van der Waals surface area contributed by atoms with Gasteiger partial charge < -0.3 is 10.1 Å². The first kappa shape index (κ1) is 13.4. The predicted molar refractivity (Wildman–Crippen MR) is 71.5 cm³/mol. The molecule has 3 nitrogen and oxygen atoms in total. The third kappa shape index (κ3) is 4.67. The van der Waals surface area contributed by atoms with E-state index in [-0.39, 0.29) is 11.9 Å². The summed E-state index contributed by atoms with van der Waals surface area (Å²) in [6, 6.07) is 7.77. The van der Waals surface area contributed by atoms with Crippen LogP contribution in [0.4, 0.5) is 0 Å². The monoisotopic (exact) mass is 267 g/mol. The molecule has 0 unspecified atom stereocenters. The van der Waals surface area contributed by atoms with Gasteiger partial charge in [0, 0.05) is 11.6 Å². The summed E-state index contributed by atoms with van der Waals surface area (Å²) >= 11 is 5.81. The normalized spacial score (nSPS) is 14.5. The number of ether oxygens (including phenoxy) is 1. The number of esters is 1. The Balaban J connectivity index is 1.50. The smallest absolute Gasteiger partial charge is 0.308 e. The predicted octanol–water partition coefficient (Wildman–Crippen LogP) is 2.77. The Morgan fingerprint density at radius 2 is 2.06 bits per heavy atom. The molecular weight excluding hydrogens is 250 g/mol. The minimum Gasteiger partial charge on any atom is -0.465 e. The van der Waals surface area contributed by atoms with E-state index in [1.807, 2.05) is 24.3 Å². The van der Waals surface area contributed by atoms with E-state index in [0.717, 1.165) is 37.4 Å². The highest BCUT2D eigenvalue weighted by Crippen LogP contribution is 2.29. The maximum Gasteiger partial charge on any atom is 0.308 e. The van der Waals surface area contributed by atoms with Crippen LogP contribution in [-0.4, -0.2) is 19.1 Å². The molecule has 1 saturated carbocycles. The van der Waals surface area contributed by atoms with E-state index in [4.69, 9.17) is 16.3 Å². The minimum atomic E-state index is -0.0206. The Labute approximate surface area is 112 Å². The molecule has 1 fully saturated rings. The molecule has 0 heterocycles. The molecule has 0 amide bonds. The van der Waals surface area contributed by atoms with Gasteiger partial charge in [0.15, 0.2) is 0 Å². The molecule has 0 radical (unpaired) electrons. The number of rotatable bonds is 7. The number of carbonyl (C=O) groups is 1. The van der Waals surface area contributed by atoms with Crippen molar-refractivity contribution in [3.8, 4) is 0 Å². The summed E-state index contributed by atoms with van der Waals surface area (Å²) in [5.74, 6) is 0.180. The number of benzene rings is 1. The van der Waals surface area contributed by atoms with Crippen molar-refractivity contribution in [2.24, 2.45) is 5.92 Å². The fourth-order valence-corrected chi connectivity index (χ4v) is 1.77. The molecule has 1 N–H and O–H groups in total. The summed E-state index contributed by atoms with van der Waals surface area (Å²) in [6.07, 6.45) is 2.87. The molecule has 0 atom stereocenters. The van der Waals surface area contributed by atoms with E-state index in [2.05, 4.69) is 5.32 Å². The molecule has 0 spiro atoms. The Bertz CT molecular complexity index is 387. The first-order valence-electron chi connectivity index (χ1n) is 6.37. The van der Waals surface area contributed by atoms with Gasteiger partial charge >= 0.3 is 5.97 Å². The van der Waals surface area contributed by atoms with Gasteiger partial charge in [-0.15, -0.1) is 0 Å². The number of carbonyl (C=O) groups excluding carboxylic acids is 1. The van der Waals surface area contributed by atoms with Crippen molar-refractivity contribution in [3.63, 3.8) is 0 Å². The molecule has 2 rings (SSSR count). The molecule has 0 saturated heterocycles. The second kappa shape index (κ2) is 6.76. The fourth-order valence-electron chi connectivity index (χ4n) is 1.64. The summed E-state index contributed by atoms with van der Waals surface area (Å²) in [5, 5.41) is 4.06. The quantitative estimate of drug-likeness (QED) is 0.610. The first-order valence-corrected chi connectivity index (χ1v) is 6.75. The van der Waals surface area contributed by atoms with Crippen molar-refractivity contribution in [2.45, 2.75) is 25.8 Å². The summed E-state index contributed by atoms with van der Waals surface area (Å²) < 4.78 is 5.14. The van der Waals surface area contributed by atoms with Gasteiger partial charge in [0.2, 0.25) is 0 Å². The summed E-state index contributed by atoms with van der Waals surface area (Å²) in [4.78, 5) is 11.2. The maximum absolute atomic E-state index is 11.2. The lowest BCUT2D eigenvalue weighted by Crippen LogP contribution is -2.17. The van der Waals surface area contributed by atoms with Gasteiger partial charge in [-0.05, 0) is 43.5 Å². The lowest BCUT2D eigenvalue weighted by atomic mass is 10.2. The van der Waals surface area contributed by atoms with Crippen LogP contribution in [0.1, 0.15) is 24.8 Å². The lowest BCUT2D eigenvalue weighted by molar-refractivity contribution is -0.145. The Hall–Kier alpha value is -1.06. The Morgan fingerprint density at radius 3 is 2.72 bits per heavy atom. The van der Waals surface area contributed by atoms with E-state index in [1.54, 1.807) is 0 Å². The molecule has 0 aromatic heterocycles. The van der Waals surface area contributed by atoms with E-state index >= 15 is 0 Å². The molecule has 4 heteroatoms. The highest BCUT2D eigenvalue weighted by atomic mass is 35.5. The van der Waals surface area contributed by atoms with Gasteiger partial charge in [-0.1, -0.05) is 23.7 Å². The third-order valence-corrected chi connectivity index (χ3v) is 3.15. The zero-order valence-corrected chi connectivity index (χ0v) is 11.1. The number of halogens is 1. The molecule has 18 heavy (non-hydrogen) atoms. The molecule has 98 valence electrons. The molecule has 0 aliphatic heterocycles. The first-order chi connectivity index (χ1) is 8.75. The number of hydrogen-bond acceptors (Lipinski definition) is 3. The molecule has 1 aliphatic rings. The second-order valence-electron chi connectivity index (χ2n) is 4.60. The van der Waals surface area contributed by atoms with Gasteiger partial charge in [-0.25, -0.2) is 0 Å². The summed E-state index contributed by atoms with van der Waals surface area (Å²) in [6.45, 7) is 2.18. The third-order valence-electron chi connectivity index (χ3n) is 2.90. The van der Waals surface area contributed by atoms with E-state index in [0.29, 0.717) is 6.61 Å². The molecular formula is C14H18ClNO2. The standard InChI is InChI=1S/C14H18ClNO2/c15-13-6-2-11(3-7-13)10-16-8-1-9-18-14(17)12-4-5-12/h2-3,6-7,12,16H,1,4-5,8-10H2. The van der Waals surface area contributed by atoms with Crippen molar-refractivity contribution in [2.75, 3.05) is 13.2 Å². The summed E-state index contributed by atoms with van der Waals surface area (Å²) in [7, 11) is 0. The maximum atomic E-state index is 11.2. The molecule has 1 aromatic carbocycles. The Morgan fingerprint density at radius 1 is 1.33 bits per heavy atom. The van der Waals surface area contributed by atoms with E-state index in [1.165, 1.54) is 5.56 Å². The van der Waals surface area contributed by atoms with Gasteiger partial charge in [0.25, 0.3) is 0 Å². The topological polar surface area (TPSA) is 38.3 Å². The fraction of sp³-hybridized carbons (Fsp3) is 0.500. The van der Waals surface area contributed by atoms with E-state index < -0.39 is 0 Å². The minimum absolute atomic E-state index is 0.0206. The largest absolute Gasteiger partial charge is 0.465 e. The average molecular weight is 268 g/mol. The highest BCUT2D eigenvalue weighted by molar-refractivity contribution is 6.30. The van der Waals surface area contributed by atoms with Crippen LogP contribution in [0, 0.1) is 5.92 Å². The number of hydrogen-bond donors (Lipinski definition) is 1. The van der Waals surface area contributed by atoms with Crippen LogP contribution in [0.5, 0.6) is 0 Å². The van der Waals surface area contributed by atoms with Crippen molar-refractivity contribution >= 4 is 17.6 Å². The van der Waals surface area contributed by atoms with Gasteiger partial charge in [0.1, 0.15) is 0 Å². The summed E-state index contributed by atoms with van der Waals surface area (Å²) in [5.41, 5.74) is 1.20. The highest BCUT2D eigenvalue weighted by Gasteiger charge is 2.30. The van der Waals surface area contributed by atoms with Gasteiger partial charge in [-0.2, -0.15) is 0 Å². The van der Waals surface area contributed by atoms with Crippen LogP contribution in [0.15, 0.2) is 24.3 Å². The SMILES string of the molecule is O=C(OCCCNCc1ccc(Cl)cc1)C1CC1. The molecule has 1 aliphatic carbocycles. The second-order valence-corrected chi connectivity index (χ2v) is 5.04. The van der Waals surface area contributed by atoms with Crippen molar-refractivity contribution < 1.29 is 9.53 Å². The van der Waals surface area contributed by atoms with E-state index in [9.17, 15) is 4.79 Å². The van der Waals surface area contributed by atoms with Crippen LogP contribution in [-0.2, 0) is 16.1 Å². The van der Waals surface area contributed by atoms with Crippen LogP contribution >= 0.6 is 11.6 Å². The molecule has 1 aromatic rings. The van der Waals surface area contributed by atoms with Crippen molar-refractivity contribution in [1.29, 1.82) is 0 Å². The zero-order chi connectivity index (χ0) is 12.8. The lowest BCUT2D eigenvalue weighted by Gasteiger charge is -2.06. The van der Waals surface area contributed by atoms with Gasteiger partial charge in [0.05, 0.1) is 12.5 Å². The average Bonchev–Trinajstić information content (AvgIpc) is 3.19. The van der Waals surface area contributed by atoms with Gasteiger partial charge in [-0.3, -0.25) is 4.79 Å². The van der Waals surface area contributed by atoms with Crippen LogP contribution in [0.25, 0.3) is 0 Å².